The van der Waals surface area contributed by atoms with Crippen LogP contribution in [0.4, 0.5) is 11.5 Å². The lowest BCUT2D eigenvalue weighted by Gasteiger charge is -2.08. The number of halogens is 1. The van der Waals surface area contributed by atoms with Gasteiger partial charge in [-0.2, -0.15) is 0 Å². The fourth-order valence-electron chi connectivity index (χ4n) is 1.72. The number of nitrogens with zero attached hydrogens (tertiary/aromatic N) is 2. The van der Waals surface area contributed by atoms with Crippen LogP contribution >= 0.6 is 11.6 Å². The number of anilines is 2. The molecule has 1 aromatic heterocycles. The van der Waals surface area contributed by atoms with E-state index in [2.05, 4.69) is 15.6 Å². The van der Waals surface area contributed by atoms with E-state index in [1.54, 1.807) is 30.5 Å². The standard InChI is InChI=1S/C14H15ClN4O2/c1-2-19-8-7-16-13(14(19)21)17-9-12(20)18-11-5-3-10(15)4-6-11/h3-8H,2,9H2,1H3,(H,16,17)(H,18,20). The van der Waals surface area contributed by atoms with Gasteiger partial charge in [-0.05, 0) is 31.2 Å². The molecule has 0 aliphatic carbocycles. The van der Waals surface area contributed by atoms with Gasteiger partial charge in [-0.3, -0.25) is 9.59 Å². The molecule has 2 rings (SSSR count). The molecule has 0 aliphatic heterocycles. The molecule has 0 bridgehead atoms. The molecule has 0 saturated heterocycles. The summed E-state index contributed by atoms with van der Waals surface area (Å²) in [6, 6.07) is 6.77. The SMILES string of the molecule is CCn1ccnc(NCC(=O)Nc2ccc(Cl)cc2)c1=O. The second-order valence-electron chi connectivity index (χ2n) is 4.28. The molecule has 0 unspecified atom stereocenters. The van der Waals surface area contributed by atoms with E-state index in [1.165, 1.54) is 10.8 Å². The summed E-state index contributed by atoms with van der Waals surface area (Å²) >= 11 is 5.77. The first-order chi connectivity index (χ1) is 10.1. The van der Waals surface area contributed by atoms with Gasteiger partial charge < -0.3 is 15.2 Å². The van der Waals surface area contributed by atoms with Crippen LogP contribution in [0.3, 0.4) is 0 Å². The zero-order chi connectivity index (χ0) is 15.2. The first kappa shape index (κ1) is 15.1. The number of rotatable bonds is 5. The molecule has 0 radical (unpaired) electrons. The maximum atomic E-state index is 11.9. The highest BCUT2D eigenvalue weighted by atomic mass is 35.5. The Labute approximate surface area is 126 Å². The van der Waals surface area contributed by atoms with Gasteiger partial charge in [0.1, 0.15) is 0 Å². The monoisotopic (exact) mass is 306 g/mol. The quantitative estimate of drug-likeness (QED) is 0.885. The summed E-state index contributed by atoms with van der Waals surface area (Å²) in [6.07, 6.45) is 3.12. The van der Waals surface area contributed by atoms with Crippen LogP contribution < -0.4 is 16.2 Å². The maximum absolute atomic E-state index is 11.9. The maximum Gasteiger partial charge on any atom is 0.293 e. The molecule has 0 fully saturated rings. The van der Waals surface area contributed by atoms with Gasteiger partial charge in [-0.1, -0.05) is 11.6 Å². The molecule has 1 aromatic carbocycles. The van der Waals surface area contributed by atoms with Gasteiger partial charge in [0.25, 0.3) is 5.56 Å². The van der Waals surface area contributed by atoms with Crippen LogP contribution in [-0.4, -0.2) is 22.0 Å². The summed E-state index contributed by atoms with van der Waals surface area (Å²) in [5.41, 5.74) is 0.387. The van der Waals surface area contributed by atoms with E-state index < -0.39 is 0 Å². The zero-order valence-corrected chi connectivity index (χ0v) is 12.2. The number of aromatic nitrogens is 2. The van der Waals surface area contributed by atoms with Gasteiger partial charge in [0.15, 0.2) is 5.82 Å². The predicted molar refractivity (Wildman–Crippen MR) is 82.7 cm³/mol. The van der Waals surface area contributed by atoms with Crippen LogP contribution in [0.5, 0.6) is 0 Å². The summed E-state index contributed by atoms with van der Waals surface area (Å²) in [5, 5.41) is 6.02. The number of amides is 1. The highest BCUT2D eigenvalue weighted by Gasteiger charge is 2.06. The van der Waals surface area contributed by atoms with Crippen LogP contribution in [0.1, 0.15) is 6.92 Å². The third-order valence-corrected chi connectivity index (χ3v) is 3.05. The van der Waals surface area contributed by atoms with Crippen molar-refractivity contribution in [3.05, 3.63) is 52.0 Å². The van der Waals surface area contributed by atoms with Gasteiger partial charge in [0.05, 0.1) is 6.54 Å². The first-order valence-electron chi connectivity index (χ1n) is 6.45. The van der Waals surface area contributed by atoms with Crippen molar-refractivity contribution in [3.63, 3.8) is 0 Å². The van der Waals surface area contributed by atoms with Crippen LogP contribution in [0.25, 0.3) is 0 Å². The van der Waals surface area contributed by atoms with E-state index in [0.717, 1.165) is 0 Å². The van der Waals surface area contributed by atoms with E-state index in [0.29, 0.717) is 17.3 Å². The molecule has 0 saturated carbocycles. The van der Waals surface area contributed by atoms with Crippen LogP contribution in [-0.2, 0) is 11.3 Å². The molecule has 7 heteroatoms. The van der Waals surface area contributed by atoms with Gasteiger partial charge in [0.2, 0.25) is 5.91 Å². The summed E-state index contributed by atoms with van der Waals surface area (Å²) < 4.78 is 1.51. The minimum absolute atomic E-state index is 0.0431. The fourth-order valence-corrected chi connectivity index (χ4v) is 1.85. The topological polar surface area (TPSA) is 76.0 Å². The number of hydrogen-bond donors (Lipinski definition) is 2. The zero-order valence-electron chi connectivity index (χ0n) is 11.5. The van der Waals surface area contributed by atoms with Crippen LogP contribution in [0, 0.1) is 0 Å². The van der Waals surface area contributed by atoms with Crippen molar-refractivity contribution < 1.29 is 4.79 Å². The highest BCUT2D eigenvalue weighted by molar-refractivity contribution is 6.30. The van der Waals surface area contributed by atoms with Crippen molar-refractivity contribution in [1.82, 2.24) is 9.55 Å². The minimum atomic E-state index is -0.273. The summed E-state index contributed by atoms with van der Waals surface area (Å²) in [6.45, 7) is 2.37. The molecule has 0 atom stereocenters. The number of benzene rings is 1. The molecule has 0 aliphatic rings. The van der Waals surface area contributed by atoms with Crippen molar-refractivity contribution in [2.24, 2.45) is 0 Å². The Hall–Kier alpha value is -2.34. The third-order valence-electron chi connectivity index (χ3n) is 2.80. The Morgan fingerprint density at radius 1 is 1.33 bits per heavy atom. The molecular formula is C14H15ClN4O2. The van der Waals surface area contributed by atoms with Gasteiger partial charge >= 0.3 is 0 Å². The first-order valence-corrected chi connectivity index (χ1v) is 6.82. The fraction of sp³-hybridized carbons (Fsp3) is 0.214. The van der Waals surface area contributed by atoms with Crippen LogP contribution in [0.2, 0.25) is 5.02 Å². The van der Waals surface area contributed by atoms with Crippen molar-refractivity contribution in [1.29, 1.82) is 0 Å². The van der Waals surface area contributed by atoms with E-state index in [-0.39, 0.29) is 23.8 Å². The Balaban J connectivity index is 1.95. The van der Waals surface area contributed by atoms with Gasteiger partial charge in [-0.15, -0.1) is 0 Å². The molecule has 2 aromatic rings. The molecule has 0 spiro atoms. The lowest BCUT2D eigenvalue weighted by molar-refractivity contribution is -0.114. The number of carbonyl (C=O) groups is 1. The van der Waals surface area contributed by atoms with Crippen molar-refractivity contribution in [2.75, 3.05) is 17.2 Å². The molecule has 21 heavy (non-hydrogen) atoms. The Morgan fingerprint density at radius 2 is 2.05 bits per heavy atom. The van der Waals surface area contributed by atoms with Gasteiger partial charge in [-0.25, -0.2) is 4.98 Å². The molecular weight excluding hydrogens is 292 g/mol. The van der Waals surface area contributed by atoms with E-state index in [1.807, 2.05) is 6.92 Å². The lowest BCUT2D eigenvalue weighted by Crippen LogP contribution is -2.28. The summed E-state index contributed by atoms with van der Waals surface area (Å²) in [5.74, 6) is -0.115. The largest absolute Gasteiger partial charge is 0.356 e. The average molecular weight is 307 g/mol. The molecule has 1 heterocycles. The van der Waals surface area contributed by atoms with Gasteiger partial charge in [0, 0.05) is 29.6 Å². The summed E-state index contributed by atoms with van der Waals surface area (Å²) in [4.78, 5) is 27.6. The predicted octanol–water partition coefficient (Wildman–Crippen LogP) is 1.97. The molecule has 110 valence electrons. The van der Waals surface area contributed by atoms with E-state index >= 15 is 0 Å². The second kappa shape index (κ2) is 6.90. The normalized spacial score (nSPS) is 10.2. The second-order valence-corrected chi connectivity index (χ2v) is 4.71. The van der Waals surface area contributed by atoms with Crippen molar-refractivity contribution in [2.45, 2.75) is 13.5 Å². The van der Waals surface area contributed by atoms with Crippen molar-refractivity contribution >= 4 is 29.0 Å². The lowest BCUT2D eigenvalue weighted by atomic mass is 10.3. The molecule has 1 amide bonds. The van der Waals surface area contributed by atoms with Crippen molar-refractivity contribution in [3.8, 4) is 0 Å². The Kier molecular flexibility index (Phi) is 4.94. The Morgan fingerprint density at radius 3 is 2.71 bits per heavy atom. The number of aryl methyl sites for hydroxylation is 1. The third kappa shape index (κ3) is 4.06. The molecule has 6 nitrogen and oxygen atoms in total. The van der Waals surface area contributed by atoms with E-state index in [4.69, 9.17) is 11.6 Å². The van der Waals surface area contributed by atoms with Crippen LogP contribution in [0.15, 0.2) is 41.5 Å². The molecule has 2 N–H and O–H groups in total. The number of hydrogen-bond acceptors (Lipinski definition) is 4. The Bertz CT molecular complexity index is 682. The minimum Gasteiger partial charge on any atom is -0.356 e. The highest BCUT2D eigenvalue weighted by Crippen LogP contribution is 2.13. The number of carbonyl (C=O) groups excluding carboxylic acids is 1. The number of nitrogens with one attached hydrogen (secondary N) is 2. The summed E-state index contributed by atoms with van der Waals surface area (Å²) in [7, 11) is 0. The average Bonchev–Trinajstić information content (AvgIpc) is 2.48. The van der Waals surface area contributed by atoms with E-state index in [9.17, 15) is 9.59 Å². The smallest absolute Gasteiger partial charge is 0.293 e.